The maximum absolute atomic E-state index is 15.0. The third-order valence-electron chi connectivity index (χ3n) is 10.3. The number of nitrogens with one attached hydrogen (secondary N) is 1. The highest BCUT2D eigenvalue weighted by molar-refractivity contribution is 6.09. The number of aryl methyl sites for hydroxylation is 1. The molecule has 3 atom stereocenters. The highest BCUT2D eigenvalue weighted by Crippen LogP contribution is 2.35. The molecule has 15 heteroatoms. The van der Waals surface area contributed by atoms with E-state index < -0.39 is 54.6 Å². The molecule has 1 saturated heterocycles. The molecule has 2 heterocycles. The molecule has 5 amide bonds. The van der Waals surface area contributed by atoms with E-state index in [1.165, 1.54) is 34.7 Å². The number of benzene rings is 1. The van der Waals surface area contributed by atoms with E-state index in [1.807, 2.05) is 6.92 Å². The van der Waals surface area contributed by atoms with Crippen molar-refractivity contribution >= 4 is 35.4 Å². The monoisotopic (exact) mass is 796 g/mol. The fourth-order valence-corrected chi connectivity index (χ4v) is 6.91. The van der Waals surface area contributed by atoms with Crippen LogP contribution in [0.3, 0.4) is 0 Å². The summed E-state index contributed by atoms with van der Waals surface area (Å²) < 4.78 is 12.9. The first kappa shape index (κ1) is 46.6. The lowest BCUT2D eigenvalue weighted by atomic mass is 9.99. The third-order valence-corrected chi connectivity index (χ3v) is 10.3. The van der Waals surface area contributed by atoms with E-state index >= 15 is 0 Å². The fourth-order valence-electron chi connectivity index (χ4n) is 6.91. The standard InChI is InChI=1S/C42H64N6O9/c1-9-12-15-17-18-20-22-31(21-19-16-13-10-2)47-36(43-29(5)28(4)38(47)52)35(48-40(54)41(46(8)42(48)55)56-25-14-11-3)37(51)44-32-26-30(39(53)45(6)7)23-24-33(32)57-27-34(49)50/h23-24,26,31,35,41H,9-22,25,27H2,1-8H3,(H,44,51)(H,49,50). The SMILES string of the molecule is CCCCCCCCC(CCCCCC)n1c(C(C(=O)Nc2cc(C(=O)N(C)C)ccc2OCC(=O)O)N2C(=O)C(OCCCC)N(C)C2=O)nc(C)c(C)c1=O. The summed E-state index contributed by atoms with van der Waals surface area (Å²) in [7, 11) is 4.52. The van der Waals surface area contributed by atoms with Crippen LogP contribution < -0.4 is 15.6 Å². The van der Waals surface area contributed by atoms with Gasteiger partial charge in [0.25, 0.3) is 23.3 Å². The molecule has 1 aromatic heterocycles. The zero-order valence-electron chi connectivity index (χ0n) is 35.2. The molecule has 316 valence electrons. The van der Waals surface area contributed by atoms with Gasteiger partial charge in [0, 0.05) is 50.6 Å². The lowest BCUT2D eigenvalue weighted by Crippen LogP contribution is -2.46. The van der Waals surface area contributed by atoms with Gasteiger partial charge in [-0.05, 0) is 51.3 Å². The van der Waals surface area contributed by atoms with Crippen molar-refractivity contribution in [3.8, 4) is 5.75 Å². The highest BCUT2D eigenvalue weighted by atomic mass is 16.5. The number of aliphatic carboxylic acids is 1. The van der Waals surface area contributed by atoms with Gasteiger partial charge in [-0.15, -0.1) is 0 Å². The molecular weight excluding hydrogens is 732 g/mol. The van der Waals surface area contributed by atoms with Crippen LogP contribution in [0.15, 0.2) is 23.0 Å². The average Bonchev–Trinajstić information content (AvgIpc) is 3.38. The number of rotatable bonds is 25. The summed E-state index contributed by atoms with van der Waals surface area (Å²) in [5.74, 6) is -3.56. The molecule has 3 unspecified atom stereocenters. The Morgan fingerprint density at radius 2 is 1.49 bits per heavy atom. The first-order chi connectivity index (χ1) is 27.2. The van der Waals surface area contributed by atoms with Crippen LogP contribution in [0.2, 0.25) is 0 Å². The number of carboxylic acid groups (broad SMARTS) is 1. The van der Waals surface area contributed by atoms with Gasteiger partial charge in [0.05, 0.1) is 5.69 Å². The van der Waals surface area contributed by atoms with Gasteiger partial charge in [-0.2, -0.15) is 0 Å². The second-order valence-electron chi connectivity index (χ2n) is 15.1. The van der Waals surface area contributed by atoms with Crippen LogP contribution in [0.5, 0.6) is 5.75 Å². The van der Waals surface area contributed by atoms with Crippen molar-refractivity contribution in [1.82, 2.24) is 24.3 Å². The molecule has 3 rings (SSSR count). The number of unbranched alkanes of at least 4 members (excludes halogenated alkanes) is 9. The van der Waals surface area contributed by atoms with Crippen LogP contribution in [0.4, 0.5) is 10.5 Å². The number of carboxylic acids is 1. The zero-order chi connectivity index (χ0) is 42.2. The van der Waals surface area contributed by atoms with Crippen LogP contribution in [0.1, 0.15) is 150 Å². The second kappa shape index (κ2) is 22.8. The van der Waals surface area contributed by atoms with Gasteiger partial charge in [0.2, 0.25) is 6.23 Å². The molecule has 0 spiro atoms. The number of urea groups is 1. The molecule has 0 saturated carbocycles. The van der Waals surface area contributed by atoms with Gasteiger partial charge >= 0.3 is 12.0 Å². The normalized spacial score (nSPS) is 15.2. The number of hydrogen-bond acceptors (Lipinski definition) is 9. The number of ether oxygens (including phenoxy) is 2. The number of carbonyl (C=O) groups excluding carboxylic acids is 4. The summed E-state index contributed by atoms with van der Waals surface area (Å²) in [4.78, 5) is 90.6. The van der Waals surface area contributed by atoms with Gasteiger partial charge in [-0.1, -0.05) is 91.4 Å². The largest absolute Gasteiger partial charge is 0.480 e. The molecule has 2 aromatic rings. The molecular formula is C42H64N6O9. The molecule has 1 fully saturated rings. The number of imide groups is 1. The second-order valence-corrected chi connectivity index (χ2v) is 15.1. The molecule has 15 nitrogen and oxygen atoms in total. The molecule has 0 bridgehead atoms. The van der Waals surface area contributed by atoms with Crippen molar-refractivity contribution in [2.24, 2.45) is 0 Å². The Balaban J connectivity index is 2.29. The van der Waals surface area contributed by atoms with E-state index in [9.17, 15) is 33.9 Å². The minimum atomic E-state index is -1.78. The number of hydrogen-bond donors (Lipinski definition) is 2. The van der Waals surface area contributed by atoms with E-state index in [-0.39, 0.29) is 35.0 Å². The Morgan fingerprint density at radius 1 is 0.895 bits per heavy atom. The molecule has 1 aliphatic rings. The van der Waals surface area contributed by atoms with Crippen molar-refractivity contribution in [2.75, 3.05) is 39.7 Å². The van der Waals surface area contributed by atoms with Crippen LogP contribution in [0.25, 0.3) is 0 Å². The summed E-state index contributed by atoms with van der Waals surface area (Å²) in [5, 5.41) is 12.1. The number of anilines is 1. The van der Waals surface area contributed by atoms with Crippen molar-refractivity contribution in [3.05, 3.63) is 51.2 Å². The smallest absolute Gasteiger partial charge is 0.341 e. The molecule has 2 N–H and O–H groups in total. The Morgan fingerprint density at radius 3 is 2.09 bits per heavy atom. The van der Waals surface area contributed by atoms with Crippen molar-refractivity contribution in [3.63, 3.8) is 0 Å². The summed E-state index contributed by atoms with van der Waals surface area (Å²) in [5.41, 5.74) is 0.424. The summed E-state index contributed by atoms with van der Waals surface area (Å²) in [6.45, 7) is 9.01. The predicted octanol–water partition coefficient (Wildman–Crippen LogP) is 7.00. The van der Waals surface area contributed by atoms with Gasteiger partial charge in [-0.25, -0.2) is 19.5 Å². The van der Waals surface area contributed by atoms with E-state index in [0.29, 0.717) is 30.5 Å². The van der Waals surface area contributed by atoms with Crippen LogP contribution in [-0.4, -0.2) is 99.7 Å². The molecule has 1 aromatic carbocycles. The average molecular weight is 797 g/mol. The number of carbonyl (C=O) groups is 5. The number of aromatic nitrogens is 2. The number of nitrogens with zero attached hydrogens (tertiary/aromatic N) is 5. The Hall–Kier alpha value is -4.79. The fraction of sp³-hybridized carbons (Fsp3) is 0.643. The van der Waals surface area contributed by atoms with Crippen molar-refractivity contribution in [1.29, 1.82) is 0 Å². The Bertz CT molecular complexity index is 1760. The van der Waals surface area contributed by atoms with E-state index in [2.05, 4.69) is 19.2 Å². The van der Waals surface area contributed by atoms with Gasteiger partial charge < -0.3 is 24.8 Å². The first-order valence-electron chi connectivity index (χ1n) is 20.5. The Kier molecular flexibility index (Phi) is 18.7. The van der Waals surface area contributed by atoms with Crippen LogP contribution in [0, 0.1) is 13.8 Å². The van der Waals surface area contributed by atoms with E-state index in [1.54, 1.807) is 27.9 Å². The number of likely N-dealkylation sites (N-methyl/N-ethyl adjacent to an activating group) is 1. The van der Waals surface area contributed by atoms with Gasteiger partial charge in [0.15, 0.2) is 12.6 Å². The minimum absolute atomic E-state index is 0.0703. The maximum Gasteiger partial charge on any atom is 0.341 e. The molecule has 57 heavy (non-hydrogen) atoms. The Labute approximate surface area is 337 Å². The quantitative estimate of drug-likeness (QED) is 0.0784. The zero-order valence-corrected chi connectivity index (χ0v) is 35.2. The van der Waals surface area contributed by atoms with Crippen LogP contribution in [-0.2, 0) is 19.1 Å². The highest BCUT2D eigenvalue weighted by Gasteiger charge is 2.51. The summed E-state index contributed by atoms with van der Waals surface area (Å²) in [6.07, 6.45) is 11.4. The molecule has 0 radical (unpaired) electrons. The summed E-state index contributed by atoms with van der Waals surface area (Å²) in [6, 6.07) is 1.13. The van der Waals surface area contributed by atoms with Gasteiger partial charge in [-0.3, -0.25) is 28.6 Å². The van der Waals surface area contributed by atoms with E-state index in [4.69, 9.17) is 14.5 Å². The molecule has 1 aliphatic heterocycles. The maximum atomic E-state index is 15.0. The van der Waals surface area contributed by atoms with Crippen molar-refractivity contribution < 1.29 is 38.6 Å². The summed E-state index contributed by atoms with van der Waals surface area (Å²) >= 11 is 0. The predicted molar refractivity (Wildman–Crippen MR) is 217 cm³/mol. The number of amides is 5. The lowest BCUT2D eigenvalue weighted by molar-refractivity contribution is -0.145. The van der Waals surface area contributed by atoms with Crippen molar-refractivity contribution in [2.45, 2.75) is 143 Å². The molecule has 0 aliphatic carbocycles. The van der Waals surface area contributed by atoms with Crippen LogP contribution >= 0.6 is 0 Å². The first-order valence-corrected chi connectivity index (χ1v) is 20.5. The lowest BCUT2D eigenvalue weighted by Gasteiger charge is -2.31. The third kappa shape index (κ3) is 12.3. The topological polar surface area (TPSA) is 181 Å². The van der Waals surface area contributed by atoms with Gasteiger partial charge in [0.1, 0.15) is 11.6 Å². The minimum Gasteiger partial charge on any atom is -0.480 e. The van der Waals surface area contributed by atoms with E-state index in [0.717, 1.165) is 80.4 Å².